The first kappa shape index (κ1) is 13.1. The van der Waals surface area contributed by atoms with E-state index in [2.05, 4.69) is 9.88 Å². The van der Waals surface area contributed by atoms with Gasteiger partial charge in [0.1, 0.15) is 10.7 Å². The molecule has 1 atom stereocenters. The summed E-state index contributed by atoms with van der Waals surface area (Å²) in [4.78, 5) is 20.3. The van der Waals surface area contributed by atoms with Crippen molar-refractivity contribution >= 4 is 28.2 Å². The van der Waals surface area contributed by atoms with Crippen LogP contribution in [0, 0.1) is 0 Å². The lowest BCUT2D eigenvalue weighted by Crippen LogP contribution is -2.42. The van der Waals surface area contributed by atoms with Gasteiger partial charge in [-0.15, -0.1) is 0 Å². The highest BCUT2D eigenvalue weighted by Gasteiger charge is 2.23. The topological polar surface area (TPSA) is 88.5 Å². The Balaban J connectivity index is 2.20. The molecule has 2 rings (SSSR count). The van der Waals surface area contributed by atoms with Crippen molar-refractivity contribution in [3.8, 4) is 0 Å². The number of aromatic nitrogens is 1. The van der Waals surface area contributed by atoms with Crippen molar-refractivity contribution in [1.29, 1.82) is 0 Å². The molecule has 1 aliphatic heterocycles. The van der Waals surface area contributed by atoms with Gasteiger partial charge in [-0.3, -0.25) is 4.79 Å². The minimum absolute atomic E-state index is 0.0995. The number of thiazole rings is 1. The van der Waals surface area contributed by atoms with Gasteiger partial charge in [0, 0.05) is 33.2 Å². The van der Waals surface area contributed by atoms with E-state index in [1.54, 1.807) is 14.1 Å². The number of amides is 1. The predicted octanol–water partition coefficient (Wildman–Crippen LogP) is 0.355. The third kappa shape index (κ3) is 2.56. The van der Waals surface area contributed by atoms with Crippen molar-refractivity contribution in [2.45, 2.75) is 18.9 Å². The second kappa shape index (κ2) is 5.11. The lowest BCUT2D eigenvalue weighted by Gasteiger charge is -2.30. The summed E-state index contributed by atoms with van der Waals surface area (Å²) in [6.45, 7) is 1.71. The largest absolute Gasteiger partial charge is 0.382 e. The molecule has 1 amide bonds. The summed E-state index contributed by atoms with van der Waals surface area (Å²) < 4.78 is 0. The van der Waals surface area contributed by atoms with Gasteiger partial charge >= 0.3 is 0 Å². The normalized spacial score (nSPS) is 19.9. The van der Waals surface area contributed by atoms with Crippen molar-refractivity contribution in [2.24, 2.45) is 5.73 Å². The monoisotopic (exact) mass is 269 g/mol. The molecule has 0 saturated carbocycles. The Kier molecular flexibility index (Phi) is 3.72. The molecule has 100 valence electrons. The van der Waals surface area contributed by atoms with Gasteiger partial charge in [-0.05, 0) is 12.8 Å². The van der Waals surface area contributed by atoms with Gasteiger partial charge < -0.3 is 21.3 Å². The number of nitrogens with zero attached hydrogens (tertiary/aromatic N) is 3. The molecule has 7 heteroatoms. The lowest BCUT2D eigenvalue weighted by atomic mass is 10.1. The van der Waals surface area contributed by atoms with E-state index >= 15 is 0 Å². The highest BCUT2D eigenvalue weighted by molar-refractivity contribution is 7.18. The van der Waals surface area contributed by atoms with Crippen LogP contribution in [0.4, 0.5) is 10.9 Å². The summed E-state index contributed by atoms with van der Waals surface area (Å²) >= 11 is 1.35. The zero-order valence-corrected chi connectivity index (χ0v) is 11.5. The molecule has 1 aliphatic rings. The zero-order chi connectivity index (χ0) is 13.3. The number of hydrogen-bond acceptors (Lipinski definition) is 6. The number of anilines is 2. The molecule has 1 aromatic rings. The van der Waals surface area contributed by atoms with Crippen LogP contribution in [-0.2, 0) is 0 Å². The number of rotatable bonds is 2. The van der Waals surface area contributed by atoms with Crippen LogP contribution in [0.15, 0.2) is 0 Å². The quantitative estimate of drug-likeness (QED) is 0.809. The Morgan fingerprint density at radius 3 is 2.89 bits per heavy atom. The molecule has 0 bridgehead atoms. The van der Waals surface area contributed by atoms with E-state index in [-0.39, 0.29) is 11.9 Å². The van der Waals surface area contributed by atoms with Gasteiger partial charge in [-0.25, -0.2) is 4.98 Å². The van der Waals surface area contributed by atoms with Crippen LogP contribution in [0.25, 0.3) is 0 Å². The minimum atomic E-state index is -0.0995. The Morgan fingerprint density at radius 1 is 1.56 bits per heavy atom. The van der Waals surface area contributed by atoms with Crippen molar-refractivity contribution in [3.05, 3.63) is 4.88 Å². The first-order valence-electron chi connectivity index (χ1n) is 5.97. The maximum atomic E-state index is 11.9. The van der Waals surface area contributed by atoms with Crippen LogP contribution in [0.1, 0.15) is 22.5 Å². The average molecular weight is 269 g/mol. The summed E-state index contributed by atoms with van der Waals surface area (Å²) in [6, 6.07) is 0.178. The molecule has 6 nitrogen and oxygen atoms in total. The molecule has 0 spiro atoms. The van der Waals surface area contributed by atoms with Crippen molar-refractivity contribution < 1.29 is 4.79 Å². The molecular weight excluding hydrogens is 250 g/mol. The first-order valence-corrected chi connectivity index (χ1v) is 6.79. The number of carbonyl (C=O) groups excluding carboxylic acids is 1. The average Bonchev–Trinajstić information content (AvgIpc) is 2.70. The third-order valence-electron chi connectivity index (χ3n) is 2.97. The first-order chi connectivity index (χ1) is 8.49. The Labute approximate surface area is 111 Å². The van der Waals surface area contributed by atoms with Crippen molar-refractivity contribution in [3.63, 3.8) is 0 Å². The summed E-state index contributed by atoms with van der Waals surface area (Å²) in [6.07, 6.45) is 2.10. The van der Waals surface area contributed by atoms with Gasteiger partial charge in [-0.1, -0.05) is 11.3 Å². The van der Waals surface area contributed by atoms with Gasteiger partial charge in [0.2, 0.25) is 0 Å². The van der Waals surface area contributed by atoms with E-state index in [0.717, 1.165) is 31.1 Å². The van der Waals surface area contributed by atoms with Crippen molar-refractivity contribution in [2.75, 3.05) is 37.8 Å². The van der Waals surface area contributed by atoms with E-state index in [1.807, 2.05) is 0 Å². The number of carbonyl (C=O) groups is 1. The van der Waals surface area contributed by atoms with Crippen LogP contribution in [-0.4, -0.2) is 49.0 Å². The molecule has 1 fully saturated rings. The Morgan fingerprint density at radius 2 is 2.28 bits per heavy atom. The predicted molar refractivity (Wildman–Crippen MR) is 74.0 cm³/mol. The fourth-order valence-electron chi connectivity index (χ4n) is 2.00. The maximum Gasteiger partial charge on any atom is 0.267 e. The molecule has 0 aliphatic carbocycles. The third-order valence-corrected chi connectivity index (χ3v) is 4.09. The van der Waals surface area contributed by atoms with Crippen molar-refractivity contribution in [1.82, 2.24) is 9.88 Å². The summed E-state index contributed by atoms with van der Waals surface area (Å²) in [7, 11) is 3.41. The fraction of sp³-hybridized carbons (Fsp3) is 0.636. The van der Waals surface area contributed by atoms with E-state index in [4.69, 9.17) is 11.5 Å². The molecule has 18 heavy (non-hydrogen) atoms. The lowest BCUT2D eigenvalue weighted by molar-refractivity contribution is 0.0833. The summed E-state index contributed by atoms with van der Waals surface area (Å²) in [5, 5.41) is 0.799. The molecular formula is C11H19N5OS. The van der Waals surface area contributed by atoms with Crippen LogP contribution in [0.5, 0.6) is 0 Å². The number of nitrogen functional groups attached to an aromatic ring is 1. The standard InChI is InChI=1S/C11H19N5OS/c1-15(2)10(17)8-9(13)14-11(18-8)16-5-3-4-7(12)6-16/h7H,3-6,12-13H2,1-2H3. The van der Waals surface area contributed by atoms with E-state index in [0.29, 0.717) is 10.7 Å². The molecule has 1 saturated heterocycles. The molecule has 1 aromatic heterocycles. The molecule has 4 N–H and O–H groups in total. The summed E-state index contributed by atoms with van der Waals surface area (Å²) in [5.41, 5.74) is 11.8. The second-order valence-corrected chi connectivity index (χ2v) is 5.74. The number of piperidine rings is 1. The molecule has 2 heterocycles. The van der Waals surface area contributed by atoms with Gasteiger partial charge in [0.15, 0.2) is 5.13 Å². The number of nitrogens with two attached hydrogens (primary N) is 2. The summed E-state index contributed by atoms with van der Waals surface area (Å²) in [5.74, 6) is 0.213. The second-order valence-electron chi connectivity index (χ2n) is 4.76. The molecule has 0 radical (unpaired) electrons. The van der Waals surface area contributed by atoms with Crippen LogP contribution in [0.3, 0.4) is 0 Å². The van der Waals surface area contributed by atoms with E-state index in [1.165, 1.54) is 16.2 Å². The van der Waals surface area contributed by atoms with E-state index < -0.39 is 0 Å². The maximum absolute atomic E-state index is 11.9. The highest BCUT2D eigenvalue weighted by atomic mass is 32.1. The van der Waals surface area contributed by atoms with Gasteiger partial charge in [0.05, 0.1) is 0 Å². The van der Waals surface area contributed by atoms with Crippen LogP contribution < -0.4 is 16.4 Å². The molecule has 0 aromatic carbocycles. The highest BCUT2D eigenvalue weighted by Crippen LogP contribution is 2.30. The number of hydrogen-bond donors (Lipinski definition) is 2. The van der Waals surface area contributed by atoms with Gasteiger partial charge in [0.25, 0.3) is 5.91 Å². The fourth-order valence-corrected chi connectivity index (χ4v) is 3.04. The van der Waals surface area contributed by atoms with E-state index in [9.17, 15) is 4.79 Å². The Hall–Kier alpha value is -1.34. The Bertz CT molecular complexity index is 445. The zero-order valence-electron chi connectivity index (χ0n) is 10.7. The molecule has 1 unspecified atom stereocenters. The minimum Gasteiger partial charge on any atom is -0.382 e. The SMILES string of the molecule is CN(C)C(=O)c1sc(N2CCCC(N)C2)nc1N. The van der Waals surface area contributed by atoms with Crippen LogP contribution in [0.2, 0.25) is 0 Å². The van der Waals surface area contributed by atoms with Crippen LogP contribution >= 0.6 is 11.3 Å². The smallest absolute Gasteiger partial charge is 0.267 e. The van der Waals surface area contributed by atoms with Gasteiger partial charge in [-0.2, -0.15) is 0 Å².